The molecule has 1 heterocycles. The van der Waals surface area contributed by atoms with Gasteiger partial charge < -0.3 is 5.73 Å². The average molecular weight is 244 g/mol. The van der Waals surface area contributed by atoms with Crippen molar-refractivity contribution in [3.05, 3.63) is 59.5 Å². The molecular formula is C14H13FN2O. The van der Waals surface area contributed by atoms with Gasteiger partial charge in [-0.3, -0.25) is 4.79 Å². The van der Waals surface area contributed by atoms with E-state index in [0.717, 1.165) is 0 Å². The molecule has 2 rings (SSSR count). The third-order valence-electron chi connectivity index (χ3n) is 2.66. The van der Waals surface area contributed by atoms with Crippen molar-refractivity contribution in [3.63, 3.8) is 0 Å². The summed E-state index contributed by atoms with van der Waals surface area (Å²) in [5.74, 6) is -0.0933. The van der Waals surface area contributed by atoms with Crippen molar-refractivity contribution in [2.75, 3.05) is 5.73 Å². The molecular weight excluding hydrogens is 231 g/mol. The lowest BCUT2D eigenvalue weighted by Gasteiger charge is -2.04. The van der Waals surface area contributed by atoms with Gasteiger partial charge in [0, 0.05) is 24.6 Å². The number of pyridine rings is 1. The molecule has 0 aliphatic rings. The van der Waals surface area contributed by atoms with Crippen LogP contribution in [0.5, 0.6) is 0 Å². The summed E-state index contributed by atoms with van der Waals surface area (Å²) >= 11 is 0. The van der Waals surface area contributed by atoms with Crippen molar-refractivity contribution in [2.24, 2.45) is 0 Å². The predicted octanol–water partition coefficient (Wildman–Crippen LogP) is 2.16. The lowest BCUT2D eigenvalue weighted by molar-refractivity contribution is -0.117. The zero-order chi connectivity index (χ0) is 13.0. The van der Waals surface area contributed by atoms with Crippen LogP contribution in [-0.4, -0.2) is 10.8 Å². The molecule has 0 unspecified atom stereocenters. The fourth-order valence-corrected chi connectivity index (χ4v) is 1.73. The lowest BCUT2D eigenvalue weighted by Crippen LogP contribution is -2.10. The Morgan fingerprint density at radius 2 is 1.78 bits per heavy atom. The number of carbonyl (C=O) groups is 1. The van der Waals surface area contributed by atoms with Crippen LogP contribution in [0.25, 0.3) is 0 Å². The zero-order valence-corrected chi connectivity index (χ0v) is 9.77. The van der Waals surface area contributed by atoms with Crippen LogP contribution in [0, 0.1) is 5.82 Å². The topological polar surface area (TPSA) is 56.0 Å². The van der Waals surface area contributed by atoms with E-state index in [1.807, 2.05) is 0 Å². The van der Waals surface area contributed by atoms with Crippen LogP contribution in [0.1, 0.15) is 11.1 Å². The van der Waals surface area contributed by atoms with Crippen molar-refractivity contribution in [3.8, 4) is 0 Å². The summed E-state index contributed by atoms with van der Waals surface area (Å²) in [4.78, 5) is 15.7. The summed E-state index contributed by atoms with van der Waals surface area (Å²) in [6.07, 6.45) is 1.81. The molecule has 0 aliphatic heterocycles. The van der Waals surface area contributed by atoms with E-state index in [-0.39, 0.29) is 24.4 Å². The Morgan fingerprint density at radius 3 is 2.50 bits per heavy atom. The van der Waals surface area contributed by atoms with Gasteiger partial charge in [-0.1, -0.05) is 24.3 Å². The minimum atomic E-state index is -0.356. The first-order valence-corrected chi connectivity index (χ1v) is 5.61. The molecule has 0 atom stereocenters. The quantitative estimate of drug-likeness (QED) is 0.896. The number of nitrogens with two attached hydrogens (primary N) is 1. The summed E-state index contributed by atoms with van der Waals surface area (Å²) in [6.45, 7) is 0. The van der Waals surface area contributed by atoms with Crippen molar-refractivity contribution in [1.82, 2.24) is 4.98 Å². The standard InChI is InChI=1S/C14H13FN2O/c15-13-6-2-1-4-10(13)8-12(18)9-11-5-3-7-17-14(11)16/h1-7H,8-9H2,(H2,16,17). The molecule has 0 radical (unpaired) electrons. The summed E-state index contributed by atoms with van der Waals surface area (Å²) in [5, 5.41) is 0. The number of hydrogen-bond acceptors (Lipinski definition) is 3. The number of ketones is 1. The molecule has 0 spiro atoms. The number of rotatable bonds is 4. The van der Waals surface area contributed by atoms with Crippen LogP contribution in [0.2, 0.25) is 0 Å². The zero-order valence-electron chi connectivity index (χ0n) is 9.77. The lowest BCUT2D eigenvalue weighted by atomic mass is 10.0. The normalized spacial score (nSPS) is 10.3. The number of aromatic nitrogens is 1. The molecule has 0 saturated carbocycles. The first-order valence-electron chi connectivity index (χ1n) is 5.61. The van der Waals surface area contributed by atoms with E-state index < -0.39 is 0 Å². The van der Waals surface area contributed by atoms with Crippen molar-refractivity contribution in [1.29, 1.82) is 0 Å². The van der Waals surface area contributed by atoms with E-state index in [2.05, 4.69) is 4.98 Å². The van der Waals surface area contributed by atoms with Crippen LogP contribution >= 0.6 is 0 Å². The van der Waals surface area contributed by atoms with Gasteiger partial charge >= 0.3 is 0 Å². The number of carbonyl (C=O) groups excluding carboxylic acids is 1. The third-order valence-corrected chi connectivity index (χ3v) is 2.66. The predicted molar refractivity (Wildman–Crippen MR) is 67.5 cm³/mol. The minimum absolute atomic E-state index is 0.0704. The fraction of sp³-hybridized carbons (Fsp3) is 0.143. The Balaban J connectivity index is 2.06. The van der Waals surface area contributed by atoms with Crippen molar-refractivity contribution < 1.29 is 9.18 Å². The highest BCUT2D eigenvalue weighted by Crippen LogP contribution is 2.12. The Morgan fingerprint density at radius 1 is 1.11 bits per heavy atom. The molecule has 0 bridgehead atoms. The molecule has 2 aromatic rings. The van der Waals surface area contributed by atoms with Crippen LogP contribution in [0.3, 0.4) is 0 Å². The van der Waals surface area contributed by atoms with E-state index in [9.17, 15) is 9.18 Å². The number of benzene rings is 1. The van der Waals surface area contributed by atoms with Gasteiger partial charge in [-0.25, -0.2) is 9.37 Å². The number of nitrogen functional groups attached to an aromatic ring is 1. The van der Waals surface area contributed by atoms with Crippen LogP contribution in [-0.2, 0) is 17.6 Å². The van der Waals surface area contributed by atoms with Gasteiger partial charge in [0.1, 0.15) is 17.4 Å². The van der Waals surface area contributed by atoms with E-state index >= 15 is 0 Å². The number of hydrogen-bond donors (Lipinski definition) is 1. The number of Topliss-reactive ketones (excluding diaryl/α,β-unsaturated/α-hetero) is 1. The molecule has 4 heteroatoms. The van der Waals surface area contributed by atoms with E-state index in [0.29, 0.717) is 16.9 Å². The van der Waals surface area contributed by atoms with Gasteiger partial charge in [-0.05, 0) is 17.7 Å². The van der Waals surface area contributed by atoms with Crippen molar-refractivity contribution >= 4 is 11.6 Å². The Labute approximate surface area is 104 Å². The maximum atomic E-state index is 13.4. The first-order chi connectivity index (χ1) is 8.66. The minimum Gasteiger partial charge on any atom is -0.383 e. The molecule has 0 fully saturated rings. The van der Waals surface area contributed by atoms with Gasteiger partial charge in [0.05, 0.1) is 0 Å². The Hall–Kier alpha value is -2.23. The molecule has 2 N–H and O–H groups in total. The maximum Gasteiger partial charge on any atom is 0.141 e. The van der Waals surface area contributed by atoms with Crippen LogP contribution in [0.15, 0.2) is 42.6 Å². The molecule has 0 amide bonds. The number of nitrogens with zero attached hydrogens (tertiary/aromatic N) is 1. The highest BCUT2D eigenvalue weighted by Gasteiger charge is 2.10. The highest BCUT2D eigenvalue weighted by atomic mass is 19.1. The molecule has 92 valence electrons. The highest BCUT2D eigenvalue weighted by molar-refractivity contribution is 5.84. The van der Waals surface area contributed by atoms with E-state index in [1.165, 1.54) is 6.07 Å². The summed E-state index contributed by atoms with van der Waals surface area (Å²) < 4.78 is 13.4. The third kappa shape index (κ3) is 2.91. The molecule has 18 heavy (non-hydrogen) atoms. The van der Waals surface area contributed by atoms with Crippen molar-refractivity contribution in [2.45, 2.75) is 12.8 Å². The number of anilines is 1. The second-order valence-corrected chi connectivity index (χ2v) is 4.03. The van der Waals surface area contributed by atoms with Gasteiger partial charge in [0.2, 0.25) is 0 Å². The fourth-order valence-electron chi connectivity index (χ4n) is 1.73. The average Bonchev–Trinajstić information content (AvgIpc) is 2.35. The summed E-state index contributed by atoms with van der Waals surface area (Å²) in [5.41, 5.74) is 6.74. The Bertz CT molecular complexity index is 520. The van der Waals surface area contributed by atoms with Gasteiger partial charge in [-0.2, -0.15) is 0 Å². The molecule has 0 aliphatic carbocycles. The molecule has 1 aromatic heterocycles. The molecule has 0 saturated heterocycles. The van der Waals surface area contributed by atoms with Crippen LogP contribution in [0.4, 0.5) is 10.2 Å². The Kier molecular flexibility index (Phi) is 3.67. The molecule has 1 aromatic carbocycles. The second-order valence-electron chi connectivity index (χ2n) is 4.03. The summed E-state index contributed by atoms with van der Waals surface area (Å²) in [7, 11) is 0. The summed E-state index contributed by atoms with van der Waals surface area (Å²) in [6, 6.07) is 9.75. The van der Waals surface area contributed by atoms with Gasteiger partial charge in [-0.15, -0.1) is 0 Å². The maximum absolute atomic E-state index is 13.4. The van der Waals surface area contributed by atoms with E-state index in [1.54, 1.807) is 36.5 Å². The van der Waals surface area contributed by atoms with Crippen LogP contribution < -0.4 is 5.73 Å². The smallest absolute Gasteiger partial charge is 0.141 e. The molecule has 3 nitrogen and oxygen atoms in total. The number of halogens is 1. The van der Waals surface area contributed by atoms with E-state index in [4.69, 9.17) is 5.73 Å². The monoisotopic (exact) mass is 244 g/mol. The SMILES string of the molecule is Nc1ncccc1CC(=O)Cc1ccccc1F. The first kappa shape index (κ1) is 12.2. The van der Waals surface area contributed by atoms with Gasteiger partial charge in [0.25, 0.3) is 0 Å². The second kappa shape index (κ2) is 5.40. The van der Waals surface area contributed by atoms with Gasteiger partial charge in [0.15, 0.2) is 0 Å². The largest absolute Gasteiger partial charge is 0.383 e.